The number of nitrogens with two attached hydrogens (primary N) is 1. The first-order valence-corrected chi connectivity index (χ1v) is 10.7. The third-order valence-electron chi connectivity index (χ3n) is 3.97. The molecule has 0 unspecified atom stereocenters. The molecule has 3 rings (SSSR count). The van der Waals surface area contributed by atoms with E-state index < -0.39 is 16.0 Å². The van der Waals surface area contributed by atoms with Crippen LogP contribution in [-0.2, 0) is 15.0 Å². The lowest BCUT2D eigenvalue weighted by Gasteiger charge is -2.20. The second-order valence-electron chi connectivity index (χ2n) is 6.01. The SMILES string of the molecule is Nc1ccn([C@@H]2CS[C@H](CO)O2)c(=O)n1.O=S(=O)(O)NC1CCCCC1. The first-order chi connectivity index (χ1) is 12.3. The largest absolute Gasteiger partial charge is 0.393 e. The van der Waals surface area contributed by atoms with Crippen molar-refractivity contribution in [3.63, 3.8) is 0 Å². The Hall–Kier alpha value is -1.18. The van der Waals surface area contributed by atoms with Crippen molar-refractivity contribution in [2.75, 3.05) is 18.1 Å². The van der Waals surface area contributed by atoms with Crippen molar-refractivity contribution in [2.45, 2.75) is 49.8 Å². The van der Waals surface area contributed by atoms with Crippen molar-refractivity contribution >= 4 is 27.9 Å². The first kappa shape index (κ1) is 21.1. The number of nitrogen functional groups attached to an aromatic ring is 1. The normalized spacial score (nSPS) is 24.1. The molecule has 0 amide bonds. The van der Waals surface area contributed by atoms with Crippen LogP contribution in [0.25, 0.3) is 0 Å². The Morgan fingerprint density at radius 3 is 2.62 bits per heavy atom. The van der Waals surface area contributed by atoms with Gasteiger partial charge in [-0.1, -0.05) is 19.3 Å². The number of nitrogens with zero attached hydrogens (tertiary/aromatic N) is 2. The molecule has 2 aliphatic rings. The topological polar surface area (TPSA) is 157 Å². The van der Waals surface area contributed by atoms with E-state index in [4.69, 9.17) is 20.1 Å². The Morgan fingerprint density at radius 1 is 1.38 bits per heavy atom. The Balaban J connectivity index is 0.000000197. The van der Waals surface area contributed by atoms with Gasteiger partial charge in [-0.2, -0.15) is 18.1 Å². The second-order valence-corrected chi connectivity index (χ2v) is 8.38. The quantitative estimate of drug-likeness (QED) is 0.508. The molecule has 10 nitrogen and oxygen atoms in total. The highest BCUT2D eigenvalue weighted by atomic mass is 32.2. The van der Waals surface area contributed by atoms with Gasteiger partial charge in [0.1, 0.15) is 17.5 Å². The molecule has 0 bridgehead atoms. The van der Waals surface area contributed by atoms with E-state index in [0.717, 1.165) is 25.7 Å². The molecule has 5 N–H and O–H groups in total. The molecule has 1 aromatic rings. The van der Waals surface area contributed by atoms with Gasteiger partial charge in [0.25, 0.3) is 0 Å². The van der Waals surface area contributed by atoms with Gasteiger partial charge >= 0.3 is 16.0 Å². The minimum absolute atomic E-state index is 0.0428. The number of ether oxygens (including phenoxy) is 1. The van der Waals surface area contributed by atoms with Crippen molar-refractivity contribution < 1.29 is 22.8 Å². The Labute approximate surface area is 156 Å². The molecular weight excluding hydrogens is 384 g/mol. The van der Waals surface area contributed by atoms with Gasteiger partial charge in [-0.25, -0.2) is 4.79 Å². The smallest absolute Gasteiger partial charge is 0.351 e. The van der Waals surface area contributed by atoms with E-state index in [2.05, 4.69) is 9.71 Å². The summed E-state index contributed by atoms with van der Waals surface area (Å²) in [6, 6.07) is 1.50. The van der Waals surface area contributed by atoms with Crippen LogP contribution in [0.2, 0.25) is 0 Å². The summed E-state index contributed by atoms with van der Waals surface area (Å²) in [5.41, 5.74) is 4.67. The van der Waals surface area contributed by atoms with Gasteiger partial charge in [0.2, 0.25) is 0 Å². The molecule has 26 heavy (non-hydrogen) atoms. The zero-order valence-electron chi connectivity index (χ0n) is 14.2. The number of anilines is 1. The molecule has 0 aromatic carbocycles. The summed E-state index contributed by atoms with van der Waals surface area (Å²) >= 11 is 1.47. The molecule has 2 heterocycles. The number of aromatic nitrogens is 2. The van der Waals surface area contributed by atoms with Crippen LogP contribution in [0.5, 0.6) is 0 Å². The predicted molar refractivity (Wildman–Crippen MR) is 97.9 cm³/mol. The average Bonchev–Trinajstić information content (AvgIpc) is 3.03. The highest BCUT2D eigenvalue weighted by Crippen LogP contribution is 2.30. The lowest BCUT2D eigenvalue weighted by Crippen LogP contribution is -2.35. The lowest BCUT2D eigenvalue weighted by molar-refractivity contribution is -0.00629. The van der Waals surface area contributed by atoms with Gasteiger partial charge < -0.3 is 15.6 Å². The minimum atomic E-state index is -3.97. The van der Waals surface area contributed by atoms with Crippen LogP contribution >= 0.6 is 11.8 Å². The molecule has 1 aromatic heterocycles. The Morgan fingerprint density at radius 2 is 2.08 bits per heavy atom. The Bertz CT molecular complexity index is 735. The van der Waals surface area contributed by atoms with Crippen LogP contribution in [0, 0.1) is 0 Å². The Kier molecular flexibility index (Phi) is 7.85. The first-order valence-electron chi connectivity index (χ1n) is 8.26. The number of thioether (sulfide) groups is 1. The fraction of sp³-hybridized carbons (Fsp3) is 0.714. The summed E-state index contributed by atoms with van der Waals surface area (Å²) < 4.78 is 38.1. The number of aliphatic hydroxyl groups excluding tert-OH is 1. The number of hydrogen-bond donors (Lipinski definition) is 4. The minimum Gasteiger partial charge on any atom is -0.393 e. The summed E-state index contributed by atoms with van der Waals surface area (Å²) in [4.78, 5) is 15.0. The molecule has 0 radical (unpaired) electrons. The van der Waals surface area contributed by atoms with E-state index in [-0.39, 0.29) is 30.1 Å². The van der Waals surface area contributed by atoms with E-state index >= 15 is 0 Å². The van der Waals surface area contributed by atoms with Gasteiger partial charge in [0.05, 0.1) is 6.61 Å². The summed E-state index contributed by atoms with van der Waals surface area (Å²) in [5, 5.41) is 8.88. The highest BCUT2D eigenvalue weighted by Gasteiger charge is 2.27. The molecule has 1 aliphatic heterocycles. The molecule has 2 fully saturated rings. The van der Waals surface area contributed by atoms with Gasteiger partial charge in [-0.15, -0.1) is 11.8 Å². The number of rotatable bonds is 4. The van der Waals surface area contributed by atoms with Crippen LogP contribution in [0.15, 0.2) is 17.1 Å². The van der Waals surface area contributed by atoms with E-state index in [1.807, 2.05) is 0 Å². The number of aliphatic hydroxyl groups is 1. The van der Waals surface area contributed by atoms with Gasteiger partial charge in [-0.3, -0.25) is 9.12 Å². The monoisotopic (exact) mass is 408 g/mol. The van der Waals surface area contributed by atoms with Crippen molar-refractivity contribution in [2.24, 2.45) is 0 Å². The zero-order valence-corrected chi connectivity index (χ0v) is 15.8. The van der Waals surface area contributed by atoms with Gasteiger partial charge in [0, 0.05) is 18.0 Å². The molecule has 0 spiro atoms. The highest BCUT2D eigenvalue weighted by molar-refractivity contribution is 8.00. The fourth-order valence-corrected chi connectivity index (χ4v) is 4.35. The maximum atomic E-state index is 11.4. The molecule has 12 heteroatoms. The van der Waals surface area contributed by atoms with Crippen LogP contribution in [-0.4, -0.2) is 51.5 Å². The third-order valence-corrected chi connectivity index (χ3v) is 5.71. The van der Waals surface area contributed by atoms with Crippen molar-refractivity contribution in [3.8, 4) is 0 Å². The van der Waals surface area contributed by atoms with Gasteiger partial charge in [0.15, 0.2) is 0 Å². The fourth-order valence-electron chi connectivity index (χ4n) is 2.76. The molecular formula is C14H24N4O6S2. The van der Waals surface area contributed by atoms with Crippen molar-refractivity contribution in [1.29, 1.82) is 0 Å². The third kappa shape index (κ3) is 6.85. The molecule has 1 saturated heterocycles. The van der Waals surface area contributed by atoms with E-state index in [9.17, 15) is 13.2 Å². The van der Waals surface area contributed by atoms with Crippen molar-refractivity contribution in [1.82, 2.24) is 14.3 Å². The maximum absolute atomic E-state index is 11.4. The van der Waals surface area contributed by atoms with E-state index in [1.54, 1.807) is 12.3 Å². The molecule has 1 aliphatic carbocycles. The summed E-state index contributed by atoms with van der Waals surface area (Å²) in [6.07, 6.45) is 6.15. The van der Waals surface area contributed by atoms with Crippen molar-refractivity contribution in [3.05, 3.63) is 22.7 Å². The summed E-state index contributed by atoms with van der Waals surface area (Å²) in [5.74, 6) is 0.817. The van der Waals surface area contributed by atoms with Crippen LogP contribution in [0.3, 0.4) is 0 Å². The maximum Gasteiger partial charge on any atom is 0.351 e. The van der Waals surface area contributed by atoms with Crippen LogP contribution in [0.4, 0.5) is 5.82 Å². The van der Waals surface area contributed by atoms with E-state index in [1.165, 1.54) is 22.7 Å². The lowest BCUT2D eigenvalue weighted by atomic mass is 9.96. The number of nitrogens with one attached hydrogen (secondary N) is 1. The summed E-state index contributed by atoms with van der Waals surface area (Å²) in [7, 11) is -3.97. The van der Waals surface area contributed by atoms with E-state index in [0.29, 0.717) is 5.75 Å². The molecule has 148 valence electrons. The molecule has 1 saturated carbocycles. The molecule has 2 atom stereocenters. The number of hydrogen-bond acceptors (Lipinski definition) is 8. The summed E-state index contributed by atoms with van der Waals surface area (Å²) in [6.45, 7) is -0.0572. The van der Waals surface area contributed by atoms with Crippen LogP contribution < -0.4 is 16.1 Å². The van der Waals surface area contributed by atoms with Gasteiger partial charge in [-0.05, 0) is 18.9 Å². The second kappa shape index (κ2) is 9.67. The zero-order chi connectivity index (χ0) is 19.2. The average molecular weight is 409 g/mol. The standard InChI is InChI=1S/C8H11N3O3S.C6H13NO3S/c9-5-1-2-11(8(13)10-5)6-4-15-7(3-12)14-6;8-11(9,10)7-6-4-2-1-3-5-6/h1-2,6-7,12H,3-4H2,(H2,9,10,13);6-7H,1-5H2,(H,8,9,10)/t6-,7+;/m0./s1. The van der Waals surface area contributed by atoms with Crippen LogP contribution in [0.1, 0.15) is 38.3 Å². The predicted octanol–water partition coefficient (Wildman–Crippen LogP) is 0.117.